The molecule has 0 radical (unpaired) electrons. The average Bonchev–Trinajstić information content (AvgIpc) is 2.68. The Morgan fingerprint density at radius 1 is 1.53 bits per heavy atom. The van der Waals surface area contributed by atoms with Crippen molar-refractivity contribution < 1.29 is 4.79 Å². The second kappa shape index (κ2) is 4.90. The molecule has 0 bridgehead atoms. The van der Waals surface area contributed by atoms with Crippen LogP contribution in [-0.2, 0) is 0 Å². The van der Waals surface area contributed by atoms with Gasteiger partial charge in [-0.05, 0) is 32.6 Å². The van der Waals surface area contributed by atoms with Crippen molar-refractivity contribution in [1.29, 1.82) is 0 Å². The third-order valence-electron chi connectivity index (χ3n) is 3.73. The maximum absolute atomic E-state index is 12.4. The van der Waals surface area contributed by atoms with Gasteiger partial charge in [0.2, 0.25) is 0 Å². The van der Waals surface area contributed by atoms with Crippen molar-refractivity contribution in [2.24, 2.45) is 5.92 Å². The number of aromatic amines is 1. The number of nitrogens with one attached hydrogen (secondary N) is 1. The largest absolute Gasteiger partial charge is 0.338 e. The van der Waals surface area contributed by atoms with E-state index >= 15 is 0 Å². The van der Waals surface area contributed by atoms with Crippen molar-refractivity contribution in [2.45, 2.75) is 40.0 Å². The van der Waals surface area contributed by atoms with E-state index < -0.39 is 0 Å². The molecule has 17 heavy (non-hydrogen) atoms. The predicted molar refractivity (Wildman–Crippen MR) is 67.0 cm³/mol. The predicted octanol–water partition coefficient (Wildman–Crippen LogP) is 2.29. The highest BCUT2D eigenvalue weighted by Crippen LogP contribution is 2.22. The van der Waals surface area contributed by atoms with Gasteiger partial charge in [0, 0.05) is 18.8 Å². The molecule has 0 aromatic carbocycles. The minimum Gasteiger partial charge on any atom is -0.338 e. The van der Waals surface area contributed by atoms with Crippen LogP contribution in [0.4, 0.5) is 0 Å². The van der Waals surface area contributed by atoms with E-state index in [0.717, 1.165) is 42.9 Å². The first kappa shape index (κ1) is 12.1. The third kappa shape index (κ3) is 2.35. The van der Waals surface area contributed by atoms with E-state index in [1.807, 2.05) is 18.7 Å². The first-order valence-electron chi connectivity index (χ1n) is 6.44. The van der Waals surface area contributed by atoms with E-state index in [1.165, 1.54) is 6.42 Å². The zero-order valence-electron chi connectivity index (χ0n) is 10.9. The van der Waals surface area contributed by atoms with E-state index in [2.05, 4.69) is 17.1 Å². The molecule has 1 fully saturated rings. The van der Waals surface area contributed by atoms with E-state index in [-0.39, 0.29) is 5.91 Å². The molecule has 1 unspecified atom stereocenters. The zero-order chi connectivity index (χ0) is 12.4. The molecule has 2 heterocycles. The first-order valence-corrected chi connectivity index (χ1v) is 6.44. The van der Waals surface area contributed by atoms with Crippen LogP contribution in [0, 0.1) is 19.8 Å². The summed E-state index contributed by atoms with van der Waals surface area (Å²) in [7, 11) is 0. The quantitative estimate of drug-likeness (QED) is 0.855. The number of aryl methyl sites for hydroxylation is 2. The number of aromatic nitrogens is 2. The molecule has 1 saturated heterocycles. The Hall–Kier alpha value is -1.32. The van der Waals surface area contributed by atoms with E-state index in [1.54, 1.807) is 0 Å². The molecule has 1 N–H and O–H groups in total. The van der Waals surface area contributed by atoms with Crippen LogP contribution < -0.4 is 0 Å². The standard InChI is InChI=1S/C13H21N3O/c1-4-11-6-5-7-16(8-11)13(17)12-9(2)14-15-10(12)3/h11H,4-8H2,1-3H3,(H,14,15). The summed E-state index contributed by atoms with van der Waals surface area (Å²) in [6, 6.07) is 0. The first-order chi connectivity index (χ1) is 8.13. The number of amides is 1. The van der Waals surface area contributed by atoms with Crippen LogP contribution in [0.1, 0.15) is 47.9 Å². The fraction of sp³-hybridized carbons (Fsp3) is 0.692. The molecular weight excluding hydrogens is 214 g/mol. The van der Waals surface area contributed by atoms with Gasteiger partial charge in [-0.2, -0.15) is 5.10 Å². The number of carbonyl (C=O) groups excluding carboxylic acids is 1. The van der Waals surface area contributed by atoms with Gasteiger partial charge in [0.05, 0.1) is 11.3 Å². The van der Waals surface area contributed by atoms with Crippen LogP contribution in [0.2, 0.25) is 0 Å². The molecule has 1 aliphatic rings. The average molecular weight is 235 g/mol. The Morgan fingerprint density at radius 2 is 2.29 bits per heavy atom. The molecule has 0 saturated carbocycles. The molecule has 1 aromatic heterocycles. The Labute approximate surface area is 102 Å². The van der Waals surface area contributed by atoms with Crippen LogP contribution in [0.3, 0.4) is 0 Å². The van der Waals surface area contributed by atoms with Gasteiger partial charge in [-0.3, -0.25) is 9.89 Å². The van der Waals surface area contributed by atoms with Gasteiger partial charge in [0.25, 0.3) is 5.91 Å². The molecule has 1 aliphatic heterocycles. The molecule has 0 spiro atoms. The van der Waals surface area contributed by atoms with Gasteiger partial charge in [0.1, 0.15) is 0 Å². The Balaban J connectivity index is 2.15. The van der Waals surface area contributed by atoms with Crippen molar-refractivity contribution in [3.05, 3.63) is 17.0 Å². The number of hydrogen-bond acceptors (Lipinski definition) is 2. The highest BCUT2D eigenvalue weighted by molar-refractivity contribution is 5.96. The van der Waals surface area contributed by atoms with Crippen molar-refractivity contribution in [1.82, 2.24) is 15.1 Å². The van der Waals surface area contributed by atoms with Crippen LogP contribution >= 0.6 is 0 Å². The maximum Gasteiger partial charge on any atom is 0.257 e. The zero-order valence-corrected chi connectivity index (χ0v) is 10.9. The van der Waals surface area contributed by atoms with Crippen molar-refractivity contribution >= 4 is 5.91 Å². The molecule has 94 valence electrons. The number of likely N-dealkylation sites (tertiary alicyclic amines) is 1. The van der Waals surface area contributed by atoms with Crippen molar-refractivity contribution in [3.8, 4) is 0 Å². The van der Waals surface area contributed by atoms with Crippen LogP contribution in [-0.4, -0.2) is 34.1 Å². The van der Waals surface area contributed by atoms with Gasteiger partial charge in [-0.1, -0.05) is 13.3 Å². The smallest absolute Gasteiger partial charge is 0.257 e. The van der Waals surface area contributed by atoms with Crippen LogP contribution in [0.25, 0.3) is 0 Å². The minimum absolute atomic E-state index is 0.145. The minimum atomic E-state index is 0.145. The molecule has 1 aromatic rings. The summed E-state index contributed by atoms with van der Waals surface area (Å²) in [6.07, 6.45) is 3.54. The fourth-order valence-corrected chi connectivity index (χ4v) is 2.61. The number of H-pyrrole nitrogens is 1. The Kier molecular flexibility index (Phi) is 3.50. The molecule has 1 amide bonds. The SMILES string of the molecule is CCC1CCCN(C(=O)c2c(C)n[nH]c2C)C1. The molecule has 1 atom stereocenters. The summed E-state index contributed by atoms with van der Waals surface area (Å²) < 4.78 is 0. The van der Waals surface area contributed by atoms with E-state index in [0.29, 0.717) is 5.92 Å². The highest BCUT2D eigenvalue weighted by atomic mass is 16.2. The van der Waals surface area contributed by atoms with Crippen molar-refractivity contribution in [3.63, 3.8) is 0 Å². The maximum atomic E-state index is 12.4. The molecule has 2 rings (SSSR count). The highest BCUT2D eigenvalue weighted by Gasteiger charge is 2.26. The number of carbonyl (C=O) groups is 1. The number of nitrogens with zero attached hydrogens (tertiary/aromatic N) is 2. The molecule has 0 aliphatic carbocycles. The summed E-state index contributed by atoms with van der Waals surface area (Å²) in [6.45, 7) is 7.79. The second-order valence-electron chi connectivity index (χ2n) is 4.98. The summed E-state index contributed by atoms with van der Waals surface area (Å²) in [5.74, 6) is 0.812. The summed E-state index contributed by atoms with van der Waals surface area (Å²) in [4.78, 5) is 14.4. The number of piperidine rings is 1. The van der Waals surface area contributed by atoms with Gasteiger partial charge >= 0.3 is 0 Å². The fourth-order valence-electron chi connectivity index (χ4n) is 2.61. The molecular formula is C13H21N3O. The van der Waals surface area contributed by atoms with Crippen LogP contribution in [0.15, 0.2) is 0 Å². The van der Waals surface area contributed by atoms with Crippen LogP contribution in [0.5, 0.6) is 0 Å². The lowest BCUT2D eigenvalue weighted by Gasteiger charge is -2.32. The van der Waals surface area contributed by atoms with Gasteiger partial charge < -0.3 is 4.90 Å². The van der Waals surface area contributed by atoms with E-state index in [9.17, 15) is 4.79 Å². The van der Waals surface area contributed by atoms with Gasteiger partial charge in [-0.25, -0.2) is 0 Å². The molecule has 4 nitrogen and oxygen atoms in total. The van der Waals surface area contributed by atoms with Gasteiger partial charge in [-0.15, -0.1) is 0 Å². The summed E-state index contributed by atoms with van der Waals surface area (Å²) in [5, 5.41) is 6.98. The van der Waals surface area contributed by atoms with E-state index in [4.69, 9.17) is 0 Å². The number of rotatable bonds is 2. The second-order valence-corrected chi connectivity index (χ2v) is 4.98. The number of hydrogen-bond donors (Lipinski definition) is 1. The summed E-state index contributed by atoms with van der Waals surface area (Å²) in [5.41, 5.74) is 2.46. The Bertz CT molecular complexity index is 391. The summed E-state index contributed by atoms with van der Waals surface area (Å²) >= 11 is 0. The normalized spacial score (nSPS) is 20.6. The lowest BCUT2D eigenvalue weighted by molar-refractivity contribution is 0.0670. The lowest BCUT2D eigenvalue weighted by atomic mass is 9.95. The van der Waals surface area contributed by atoms with Gasteiger partial charge in [0.15, 0.2) is 0 Å². The van der Waals surface area contributed by atoms with Crippen molar-refractivity contribution in [2.75, 3.05) is 13.1 Å². The Morgan fingerprint density at radius 3 is 2.88 bits per heavy atom. The molecule has 4 heteroatoms. The lowest BCUT2D eigenvalue weighted by Crippen LogP contribution is -2.40. The topological polar surface area (TPSA) is 49.0 Å². The third-order valence-corrected chi connectivity index (χ3v) is 3.73. The monoisotopic (exact) mass is 235 g/mol.